The van der Waals surface area contributed by atoms with Crippen molar-refractivity contribution in [2.24, 2.45) is 0 Å². The van der Waals surface area contributed by atoms with Crippen molar-refractivity contribution in [1.82, 2.24) is 10.0 Å². The van der Waals surface area contributed by atoms with E-state index in [1.54, 1.807) is 6.92 Å². The van der Waals surface area contributed by atoms with E-state index < -0.39 is 10.0 Å². The maximum atomic E-state index is 11.1. The van der Waals surface area contributed by atoms with Gasteiger partial charge in [0.15, 0.2) is 0 Å². The second-order valence-corrected chi connectivity index (χ2v) is 6.19. The maximum Gasteiger partial charge on any atom is 0.211 e. The molecule has 1 rings (SSSR count). The highest BCUT2D eigenvalue weighted by Crippen LogP contribution is 2.14. The van der Waals surface area contributed by atoms with Gasteiger partial charge in [0.1, 0.15) is 0 Å². The van der Waals surface area contributed by atoms with Crippen LogP contribution in [-0.4, -0.2) is 46.0 Å². The number of hydrogen-bond donors (Lipinski definition) is 2. The summed E-state index contributed by atoms with van der Waals surface area (Å²) in [6.45, 7) is 5.63. The van der Waals surface area contributed by atoms with E-state index >= 15 is 0 Å². The van der Waals surface area contributed by atoms with Gasteiger partial charge in [-0.15, -0.1) is 0 Å². The van der Waals surface area contributed by atoms with E-state index in [0.717, 1.165) is 19.4 Å². The first-order chi connectivity index (χ1) is 7.55. The monoisotopic (exact) mass is 250 g/mol. The SMILES string of the molecule is CCS(=O)(=O)NCCN[C@@H](C)[C@@H]1CCCO1. The lowest BCUT2D eigenvalue weighted by Gasteiger charge is -2.19. The average Bonchev–Trinajstić information content (AvgIpc) is 2.77. The summed E-state index contributed by atoms with van der Waals surface area (Å²) in [5, 5.41) is 3.27. The van der Waals surface area contributed by atoms with Crippen LogP contribution in [-0.2, 0) is 14.8 Å². The van der Waals surface area contributed by atoms with E-state index in [9.17, 15) is 8.42 Å². The lowest BCUT2D eigenvalue weighted by atomic mass is 10.1. The fraction of sp³-hybridized carbons (Fsp3) is 1.00. The zero-order chi connectivity index (χ0) is 12.0. The lowest BCUT2D eigenvalue weighted by Crippen LogP contribution is -2.41. The third kappa shape index (κ3) is 4.78. The van der Waals surface area contributed by atoms with Crippen LogP contribution in [0.4, 0.5) is 0 Å². The third-order valence-electron chi connectivity index (χ3n) is 2.82. The molecule has 0 aliphatic carbocycles. The first-order valence-corrected chi connectivity index (χ1v) is 7.52. The minimum atomic E-state index is -3.06. The predicted molar refractivity (Wildman–Crippen MR) is 63.9 cm³/mol. The summed E-state index contributed by atoms with van der Waals surface area (Å²) in [6, 6.07) is 0.286. The Balaban J connectivity index is 2.11. The van der Waals surface area contributed by atoms with Gasteiger partial charge in [0.2, 0.25) is 10.0 Å². The summed E-state index contributed by atoms with van der Waals surface area (Å²) in [5.74, 6) is 0.133. The Kier molecular flexibility index (Phi) is 5.68. The van der Waals surface area contributed by atoms with E-state index in [1.165, 1.54) is 0 Å². The molecule has 0 aromatic rings. The van der Waals surface area contributed by atoms with Crippen molar-refractivity contribution in [2.45, 2.75) is 38.8 Å². The summed E-state index contributed by atoms with van der Waals surface area (Å²) in [6.07, 6.45) is 2.50. The molecule has 5 nitrogen and oxygen atoms in total. The Bertz CT molecular complexity index is 286. The largest absolute Gasteiger partial charge is 0.377 e. The molecule has 96 valence electrons. The van der Waals surface area contributed by atoms with Crippen molar-refractivity contribution in [2.75, 3.05) is 25.4 Å². The highest BCUT2D eigenvalue weighted by Gasteiger charge is 2.21. The number of hydrogen-bond acceptors (Lipinski definition) is 4. The van der Waals surface area contributed by atoms with E-state index in [2.05, 4.69) is 17.0 Å². The smallest absolute Gasteiger partial charge is 0.211 e. The molecule has 1 aliphatic heterocycles. The molecule has 1 heterocycles. The van der Waals surface area contributed by atoms with E-state index in [4.69, 9.17) is 4.74 Å². The van der Waals surface area contributed by atoms with Crippen LogP contribution in [0.1, 0.15) is 26.7 Å². The van der Waals surface area contributed by atoms with Gasteiger partial charge in [-0.1, -0.05) is 0 Å². The molecule has 0 unspecified atom stereocenters. The van der Waals surface area contributed by atoms with E-state index in [0.29, 0.717) is 13.1 Å². The molecule has 2 atom stereocenters. The van der Waals surface area contributed by atoms with Crippen LogP contribution in [0.2, 0.25) is 0 Å². The molecule has 1 aliphatic rings. The molecule has 0 aromatic carbocycles. The molecule has 0 radical (unpaired) electrons. The number of rotatable bonds is 7. The van der Waals surface area contributed by atoms with Gasteiger partial charge in [-0.05, 0) is 26.7 Å². The molecular weight excluding hydrogens is 228 g/mol. The summed E-state index contributed by atoms with van der Waals surface area (Å²) < 4.78 is 30.3. The second-order valence-electron chi connectivity index (χ2n) is 4.09. The average molecular weight is 250 g/mol. The first-order valence-electron chi connectivity index (χ1n) is 5.87. The predicted octanol–water partition coefficient (Wildman–Crippen LogP) is 0.0828. The van der Waals surface area contributed by atoms with Gasteiger partial charge in [0.25, 0.3) is 0 Å². The fourth-order valence-corrected chi connectivity index (χ4v) is 2.35. The van der Waals surface area contributed by atoms with Crippen LogP contribution >= 0.6 is 0 Å². The molecule has 16 heavy (non-hydrogen) atoms. The number of nitrogens with one attached hydrogen (secondary N) is 2. The fourth-order valence-electron chi connectivity index (χ4n) is 1.74. The third-order valence-corrected chi connectivity index (χ3v) is 4.22. The first kappa shape index (κ1) is 13.9. The molecule has 1 saturated heterocycles. The van der Waals surface area contributed by atoms with Gasteiger partial charge in [-0.3, -0.25) is 0 Å². The molecule has 0 spiro atoms. The molecule has 0 bridgehead atoms. The normalized spacial score (nSPS) is 23.5. The van der Waals surface area contributed by atoms with Gasteiger partial charge >= 0.3 is 0 Å². The summed E-state index contributed by atoms with van der Waals surface area (Å²) in [4.78, 5) is 0. The quantitative estimate of drug-likeness (QED) is 0.628. The highest BCUT2D eigenvalue weighted by atomic mass is 32.2. The Morgan fingerprint density at radius 2 is 2.19 bits per heavy atom. The second kappa shape index (κ2) is 6.54. The summed E-state index contributed by atoms with van der Waals surface area (Å²) in [7, 11) is -3.06. The van der Waals surface area contributed by atoms with Gasteiger partial charge in [-0.2, -0.15) is 0 Å². The minimum absolute atomic E-state index is 0.133. The summed E-state index contributed by atoms with van der Waals surface area (Å²) in [5.41, 5.74) is 0. The molecular formula is C10H22N2O3S. The zero-order valence-electron chi connectivity index (χ0n) is 10.0. The highest BCUT2D eigenvalue weighted by molar-refractivity contribution is 7.89. The van der Waals surface area contributed by atoms with Crippen LogP contribution in [0.25, 0.3) is 0 Å². The van der Waals surface area contributed by atoms with Crippen LogP contribution in [0.5, 0.6) is 0 Å². The standard InChI is InChI=1S/C10H22N2O3S/c1-3-16(13,14)12-7-6-11-9(2)10-5-4-8-15-10/h9-12H,3-8H2,1-2H3/t9-,10-/m0/s1. The van der Waals surface area contributed by atoms with Crippen molar-refractivity contribution in [3.63, 3.8) is 0 Å². The van der Waals surface area contributed by atoms with Gasteiger partial charge < -0.3 is 10.1 Å². The Labute approximate surface area is 98.0 Å². The van der Waals surface area contributed by atoms with Crippen LogP contribution in [0.15, 0.2) is 0 Å². The summed E-state index contributed by atoms with van der Waals surface area (Å²) >= 11 is 0. The lowest BCUT2D eigenvalue weighted by molar-refractivity contribution is 0.0840. The molecule has 0 aromatic heterocycles. The minimum Gasteiger partial charge on any atom is -0.377 e. The Hall–Kier alpha value is -0.170. The Morgan fingerprint density at radius 3 is 2.75 bits per heavy atom. The number of sulfonamides is 1. The van der Waals surface area contributed by atoms with Crippen LogP contribution in [0, 0.1) is 0 Å². The maximum absolute atomic E-state index is 11.1. The topological polar surface area (TPSA) is 67.4 Å². The molecule has 6 heteroatoms. The Morgan fingerprint density at radius 1 is 1.44 bits per heavy atom. The van der Waals surface area contributed by atoms with Crippen molar-refractivity contribution in [3.8, 4) is 0 Å². The van der Waals surface area contributed by atoms with Crippen molar-refractivity contribution < 1.29 is 13.2 Å². The zero-order valence-corrected chi connectivity index (χ0v) is 10.8. The van der Waals surface area contributed by atoms with Crippen molar-refractivity contribution in [3.05, 3.63) is 0 Å². The molecule has 2 N–H and O–H groups in total. The van der Waals surface area contributed by atoms with Crippen LogP contribution < -0.4 is 10.0 Å². The van der Waals surface area contributed by atoms with Gasteiger partial charge in [-0.25, -0.2) is 13.1 Å². The van der Waals surface area contributed by atoms with Gasteiger partial charge in [0, 0.05) is 25.7 Å². The van der Waals surface area contributed by atoms with Crippen LogP contribution in [0.3, 0.4) is 0 Å². The molecule has 0 amide bonds. The van der Waals surface area contributed by atoms with E-state index in [1.807, 2.05) is 0 Å². The van der Waals surface area contributed by atoms with E-state index in [-0.39, 0.29) is 17.9 Å². The molecule has 1 fully saturated rings. The molecule has 0 saturated carbocycles. The number of ether oxygens (including phenoxy) is 1. The van der Waals surface area contributed by atoms with Gasteiger partial charge in [0.05, 0.1) is 11.9 Å². The van der Waals surface area contributed by atoms with Crippen molar-refractivity contribution in [1.29, 1.82) is 0 Å². The van der Waals surface area contributed by atoms with Crippen molar-refractivity contribution >= 4 is 10.0 Å².